The Balaban J connectivity index is 0.000000166. The Morgan fingerprint density at radius 2 is 1.83 bits per heavy atom. The molecule has 2 heterocycles. The van der Waals surface area contributed by atoms with Crippen LogP contribution in [0.5, 0.6) is 0 Å². The predicted octanol–water partition coefficient (Wildman–Crippen LogP) is 1.46. The van der Waals surface area contributed by atoms with Gasteiger partial charge in [0.2, 0.25) is 5.91 Å². The van der Waals surface area contributed by atoms with E-state index in [1.54, 1.807) is 18.2 Å². The number of aromatic amines is 1. The molecule has 0 atom stereocenters. The van der Waals surface area contributed by atoms with E-state index in [0.29, 0.717) is 22.3 Å². The molecule has 148 valence electrons. The Morgan fingerprint density at radius 3 is 2.55 bits per heavy atom. The zero-order valence-electron chi connectivity index (χ0n) is 15.2. The van der Waals surface area contributed by atoms with Crippen LogP contribution in [0.1, 0.15) is 20.7 Å². The molecule has 0 bridgehead atoms. The topological polar surface area (TPSA) is 150 Å². The van der Waals surface area contributed by atoms with Gasteiger partial charge in [-0.15, -0.1) is 0 Å². The number of ether oxygens (including phenoxy) is 1. The molecule has 4 N–H and O–H groups in total. The maximum absolute atomic E-state index is 11.2. The van der Waals surface area contributed by atoms with Gasteiger partial charge >= 0.3 is 11.9 Å². The van der Waals surface area contributed by atoms with Gasteiger partial charge in [-0.3, -0.25) is 9.59 Å². The first-order valence-corrected chi connectivity index (χ1v) is 8.36. The van der Waals surface area contributed by atoms with E-state index in [-0.39, 0.29) is 23.6 Å². The normalized spacial score (nSPS) is 12.0. The highest BCUT2D eigenvalue weighted by Crippen LogP contribution is 2.25. The van der Waals surface area contributed by atoms with E-state index in [2.05, 4.69) is 25.3 Å². The molecule has 1 aliphatic heterocycles. The number of methoxy groups -OCH3 is 1. The van der Waals surface area contributed by atoms with Crippen LogP contribution >= 0.6 is 0 Å². The molecule has 2 aromatic carbocycles. The largest absolute Gasteiger partial charge is 0.478 e. The summed E-state index contributed by atoms with van der Waals surface area (Å²) in [7, 11) is 1.33. The van der Waals surface area contributed by atoms with Gasteiger partial charge in [0.05, 0.1) is 53.4 Å². The molecule has 10 heteroatoms. The highest BCUT2D eigenvalue weighted by Gasteiger charge is 2.16. The minimum Gasteiger partial charge on any atom is -0.478 e. The molecular weight excluding hydrogens is 380 g/mol. The number of hydrogen-bond acceptors (Lipinski definition) is 7. The summed E-state index contributed by atoms with van der Waals surface area (Å²) in [5.41, 5.74) is 2.71. The number of H-pyrrole nitrogens is 1. The van der Waals surface area contributed by atoms with E-state index in [0.717, 1.165) is 11.9 Å². The third-order valence-corrected chi connectivity index (χ3v) is 3.98. The highest BCUT2D eigenvalue weighted by atomic mass is 16.5. The van der Waals surface area contributed by atoms with Gasteiger partial charge < -0.3 is 25.5 Å². The van der Waals surface area contributed by atoms with Crippen LogP contribution in [0.2, 0.25) is 0 Å². The molecule has 3 aromatic rings. The van der Waals surface area contributed by atoms with Gasteiger partial charge in [0.15, 0.2) is 0 Å². The van der Waals surface area contributed by atoms with Crippen LogP contribution < -0.4 is 16.2 Å². The SMILES string of the molecule is COC(=O)c1ccc2c(c1)NCC(=O)N2.O=C(O)c1ccc2[nH]c(=O)cnc2c1. The zero-order chi connectivity index (χ0) is 21.0. The number of carboxylic acid groups (broad SMARTS) is 1. The van der Waals surface area contributed by atoms with E-state index in [4.69, 9.17) is 5.11 Å². The molecular formula is C19H16N4O6. The predicted molar refractivity (Wildman–Crippen MR) is 104 cm³/mol. The van der Waals surface area contributed by atoms with Crippen molar-refractivity contribution in [2.45, 2.75) is 0 Å². The fourth-order valence-electron chi connectivity index (χ4n) is 2.58. The number of carbonyl (C=O) groups is 3. The van der Waals surface area contributed by atoms with Crippen LogP contribution in [0, 0.1) is 0 Å². The minimum atomic E-state index is -1.01. The molecule has 0 saturated heterocycles. The van der Waals surface area contributed by atoms with Crippen LogP contribution in [0.4, 0.5) is 11.4 Å². The number of aromatic nitrogens is 2. The first-order valence-electron chi connectivity index (χ1n) is 8.36. The standard InChI is InChI=1S/C10H10N2O3.C9H6N2O3/c1-15-10(14)6-2-3-7-8(4-6)11-5-9(13)12-7;12-8-4-10-7-3-5(9(13)14)1-2-6(7)11-8/h2-4,11H,5H2,1H3,(H,12,13);1-4H,(H,11,12)(H,13,14). The second-order valence-electron chi connectivity index (χ2n) is 5.94. The van der Waals surface area contributed by atoms with E-state index in [9.17, 15) is 19.2 Å². The smallest absolute Gasteiger partial charge is 0.337 e. The summed E-state index contributed by atoms with van der Waals surface area (Å²) >= 11 is 0. The van der Waals surface area contributed by atoms with Crippen LogP contribution in [0.25, 0.3) is 11.0 Å². The maximum Gasteiger partial charge on any atom is 0.337 e. The summed E-state index contributed by atoms with van der Waals surface area (Å²) in [6.07, 6.45) is 1.12. The third-order valence-electron chi connectivity index (χ3n) is 3.98. The first kappa shape index (κ1) is 19.5. The monoisotopic (exact) mass is 396 g/mol. The number of aromatic carboxylic acids is 1. The lowest BCUT2D eigenvalue weighted by Crippen LogP contribution is -2.27. The average molecular weight is 396 g/mol. The Labute approximate surface area is 163 Å². The van der Waals surface area contributed by atoms with Crippen molar-refractivity contribution in [1.29, 1.82) is 0 Å². The van der Waals surface area contributed by atoms with Crippen molar-refractivity contribution in [1.82, 2.24) is 9.97 Å². The number of carboxylic acids is 1. The molecule has 1 aromatic heterocycles. The number of amides is 1. The van der Waals surface area contributed by atoms with Gasteiger partial charge in [0, 0.05) is 0 Å². The highest BCUT2D eigenvalue weighted by molar-refractivity contribution is 6.02. The fraction of sp³-hybridized carbons (Fsp3) is 0.105. The second kappa shape index (κ2) is 8.21. The van der Waals surface area contributed by atoms with E-state index < -0.39 is 11.9 Å². The van der Waals surface area contributed by atoms with Crippen molar-refractivity contribution < 1.29 is 24.2 Å². The van der Waals surface area contributed by atoms with Crippen molar-refractivity contribution in [3.05, 3.63) is 64.1 Å². The lowest BCUT2D eigenvalue weighted by molar-refractivity contribution is -0.114. The second-order valence-corrected chi connectivity index (χ2v) is 5.94. The summed E-state index contributed by atoms with van der Waals surface area (Å²) in [6.45, 7) is 0.220. The van der Waals surface area contributed by atoms with E-state index in [1.807, 2.05) is 0 Å². The van der Waals surface area contributed by atoms with Gasteiger partial charge in [-0.2, -0.15) is 0 Å². The van der Waals surface area contributed by atoms with Gasteiger partial charge in [-0.05, 0) is 36.4 Å². The summed E-state index contributed by atoms with van der Waals surface area (Å²) < 4.78 is 4.59. The van der Waals surface area contributed by atoms with Crippen LogP contribution in [-0.4, -0.2) is 46.6 Å². The molecule has 0 radical (unpaired) electrons. The van der Waals surface area contributed by atoms with Crippen LogP contribution in [-0.2, 0) is 9.53 Å². The van der Waals surface area contributed by atoms with E-state index >= 15 is 0 Å². The van der Waals surface area contributed by atoms with Crippen molar-refractivity contribution >= 4 is 40.3 Å². The number of fused-ring (bicyclic) bond motifs is 2. The van der Waals surface area contributed by atoms with Gasteiger partial charge in [0.1, 0.15) is 0 Å². The summed E-state index contributed by atoms with van der Waals surface area (Å²) in [5, 5.41) is 14.3. The quantitative estimate of drug-likeness (QED) is 0.475. The zero-order valence-corrected chi connectivity index (χ0v) is 15.2. The lowest BCUT2D eigenvalue weighted by Gasteiger charge is -2.18. The molecule has 0 saturated carbocycles. The molecule has 4 rings (SSSR count). The number of nitrogens with zero attached hydrogens (tertiary/aromatic N) is 1. The number of hydrogen-bond donors (Lipinski definition) is 4. The molecule has 1 amide bonds. The summed E-state index contributed by atoms with van der Waals surface area (Å²) in [4.78, 5) is 50.1. The van der Waals surface area contributed by atoms with Crippen molar-refractivity contribution in [2.75, 3.05) is 24.3 Å². The fourth-order valence-corrected chi connectivity index (χ4v) is 2.58. The molecule has 0 spiro atoms. The minimum absolute atomic E-state index is 0.0895. The van der Waals surface area contributed by atoms with E-state index in [1.165, 1.54) is 25.3 Å². The molecule has 29 heavy (non-hydrogen) atoms. The Kier molecular flexibility index (Phi) is 5.54. The number of nitrogens with one attached hydrogen (secondary N) is 3. The van der Waals surface area contributed by atoms with Crippen molar-refractivity contribution in [3.63, 3.8) is 0 Å². The molecule has 0 unspecified atom stereocenters. The Bertz CT molecular complexity index is 1170. The van der Waals surface area contributed by atoms with Gasteiger partial charge in [-0.1, -0.05) is 0 Å². The summed E-state index contributed by atoms with van der Waals surface area (Å²) in [5.74, 6) is -1.50. The number of carbonyl (C=O) groups excluding carboxylic acids is 2. The van der Waals surface area contributed by atoms with Crippen molar-refractivity contribution in [2.24, 2.45) is 0 Å². The number of rotatable bonds is 2. The van der Waals surface area contributed by atoms with Gasteiger partial charge in [-0.25, -0.2) is 14.6 Å². The Hall–Kier alpha value is -4.21. The van der Waals surface area contributed by atoms with Crippen molar-refractivity contribution in [3.8, 4) is 0 Å². The van der Waals surface area contributed by atoms with Crippen LogP contribution in [0.15, 0.2) is 47.4 Å². The maximum atomic E-state index is 11.2. The molecule has 1 aliphatic rings. The Morgan fingerprint density at radius 1 is 1.07 bits per heavy atom. The lowest BCUT2D eigenvalue weighted by atomic mass is 10.1. The average Bonchev–Trinajstić information content (AvgIpc) is 2.72. The first-order chi connectivity index (χ1) is 13.9. The molecule has 0 fully saturated rings. The number of anilines is 2. The number of benzene rings is 2. The van der Waals surface area contributed by atoms with Gasteiger partial charge in [0.25, 0.3) is 5.56 Å². The molecule has 0 aliphatic carbocycles. The summed E-state index contributed by atoms with van der Waals surface area (Å²) in [6, 6.07) is 9.28. The van der Waals surface area contributed by atoms with Crippen LogP contribution in [0.3, 0.4) is 0 Å². The number of esters is 1. The molecule has 10 nitrogen and oxygen atoms in total. The third kappa shape index (κ3) is 4.56.